The lowest BCUT2D eigenvalue weighted by Crippen LogP contribution is -2.37. The second-order valence-electron chi connectivity index (χ2n) is 26.0. The smallest absolute Gasteiger partial charge is 0.417 e. The van der Waals surface area contributed by atoms with Gasteiger partial charge in [0.05, 0.1) is 77.1 Å². The van der Waals surface area contributed by atoms with Crippen molar-refractivity contribution in [3.05, 3.63) is 208 Å². The molecule has 4 N–H and O–H groups in total. The second-order valence-corrected chi connectivity index (χ2v) is 27.3. The third kappa shape index (κ3) is 22.4. The van der Waals surface area contributed by atoms with Gasteiger partial charge >= 0.3 is 36.9 Å². The van der Waals surface area contributed by atoms with E-state index in [1.54, 1.807) is 57.2 Å². The molecule has 3 unspecified atom stereocenters. The van der Waals surface area contributed by atoms with Crippen LogP contribution >= 0.6 is 47.2 Å². The third-order valence-corrected chi connectivity index (χ3v) is 17.7. The van der Waals surface area contributed by atoms with Crippen molar-refractivity contribution in [2.45, 2.75) is 122 Å². The Labute approximate surface area is 633 Å². The van der Waals surface area contributed by atoms with E-state index in [1.165, 1.54) is 18.2 Å². The van der Waals surface area contributed by atoms with Crippen molar-refractivity contribution < 1.29 is 114 Å². The highest BCUT2D eigenvalue weighted by Gasteiger charge is 2.46. The number of benzene rings is 6. The van der Waals surface area contributed by atoms with E-state index in [1.807, 2.05) is 39.0 Å². The SMILES string of the molecule is CCC(F)(F)F.Cc1cc(Cl)cc(C2(C)CC(c3ccc(C(=O)N4CC(=O)N(CC(F)(F)F)C4)c(C(F)(F)F)c3)=NO2)c1.Cc1cc(Cl)cc(C2(C)CC(c3ccc(C(=O)N4CNC(=O)C4)c(C(F)(F)F)c3)=NO2)c1.Cc1cc(Cl)cc(C2(C)CC(c3ccc(C(=O)O)c(C(F)(F)F)c3)=NO2)c1.Cl.O=C1CNCN1. The van der Waals surface area contributed by atoms with Gasteiger partial charge in [0.2, 0.25) is 17.7 Å². The second kappa shape index (κ2) is 33.9. The van der Waals surface area contributed by atoms with Crippen molar-refractivity contribution in [3.8, 4) is 0 Å². The van der Waals surface area contributed by atoms with Crippen molar-refractivity contribution in [2.24, 2.45) is 15.5 Å². The standard InChI is InChI=1S/C24H20ClF6N3O3.C22H19ClF3N3O3.C19H15ClF3NO3.C3H5F3.C3H6N2O.ClH/c1-13-5-15(8-16(25)6-13)22(2)9-19(32-37-22)14-3-4-17(18(7-14)24(29,30)31)21(36)33-10-20(35)34(12-33)11-23(26,27)28;1-12-5-14(8-15(23)6-12)21(2)9-18(28-32-21)13-3-4-16(17(7-13)22(24,25)26)20(31)29-10-19(30)27-11-29;1-10-5-12(8-13(20)6-10)18(2)9-16(24-27-18)11-3-4-14(17(25)26)15(7-11)19(21,22)23;1-2-3(4,5)6;6-3-1-4-2-5-3;/h3-8H,9-12H2,1-2H3;3-8H,9-11H2,1-2H3,(H,27,30);3-8H,9H2,1-2H3,(H,25,26);2H2,1H3;4H,1-2H2,(H,5,6);1H. The van der Waals surface area contributed by atoms with Gasteiger partial charge in [0.15, 0.2) is 16.8 Å². The maximum absolute atomic E-state index is 14.0. The number of carboxylic acid groups (broad SMARTS) is 1. The lowest BCUT2D eigenvalue weighted by Gasteiger charge is -2.23. The van der Waals surface area contributed by atoms with E-state index in [4.69, 9.17) is 54.4 Å². The maximum atomic E-state index is 14.0. The predicted molar refractivity (Wildman–Crippen MR) is 371 cm³/mol. The number of aryl methyl sites for hydroxylation is 3. The molecule has 0 radical (unpaired) electrons. The number of nitrogens with one attached hydrogen (secondary N) is 3. The van der Waals surface area contributed by atoms with Crippen LogP contribution in [0.1, 0.15) is 151 Å². The Kier molecular flexibility index (Phi) is 27.0. The average molecular weight is 1630 g/mol. The van der Waals surface area contributed by atoms with Gasteiger partial charge in [0.1, 0.15) is 19.6 Å². The number of hydrogen-bond acceptors (Lipinski definition) is 13. The van der Waals surface area contributed by atoms with E-state index in [2.05, 4.69) is 31.4 Å². The number of carboxylic acids is 1. The Bertz CT molecular complexity index is 4510. The summed E-state index contributed by atoms with van der Waals surface area (Å²) in [6.45, 7) is 9.51. The molecule has 0 saturated carbocycles. The minimum absolute atomic E-state index is 0. The summed E-state index contributed by atoms with van der Waals surface area (Å²) in [7, 11) is 0. The molecule has 0 aliphatic carbocycles. The fourth-order valence-electron chi connectivity index (χ4n) is 11.5. The van der Waals surface area contributed by atoms with Gasteiger partial charge in [-0.2, -0.15) is 65.9 Å². The number of halogens is 19. The lowest BCUT2D eigenvalue weighted by atomic mass is 9.87. The number of amides is 5. The highest BCUT2D eigenvalue weighted by atomic mass is 35.5. The van der Waals surface area contributed by atoms with Crippen LogP contribution in [0.25, 0.3) is 0 Å². The van der Waals surface area contributed by atoms with Crippen LogP contribution in [0.2, 0.25) is 15.1 Å². The number of alkyl halides is 15. The summed E-state index contributed by atoms with van der Waals surface area (Å²) in [6.07, 6.45) is -23.4. The molecule has 12 rings (SSSR count). The number of oxime groups is 3. The molecule has 0 bridgehead atoms. The van der Waals surface area contributed by atoms with Gasteiger partial charge in [-0.1, -0.05) is 93.6 Å². The van der Waals surface area contributed by atoms with Crippen molar-refractivity contribution >= 4 is 99.9 Å². The van der Waals surface area contributed by atoms with E-state index in [9.17, 15) is 94.6 Å². The van der Waals surface area contributed by atoms with Gasteiger partial charge in [0, 0.05) is 57.4 Å². The molecule has 3 saturated heterocycles. The van der Waals surface area contributed by atoms with Crippen molar-refractivity contribution in [3.63, 3.8) is 0 Å². The summed E-state index contributed by atoms with van der Waals surface area (Å²) in [5.74, 6) is -5.06. The molecule has 38 heteroatoms. The molecule has 19 nitrogen and oxygen atoms in total. The molecule has 3 atom stereocenters. The monoisotopic (exact) mass is 1630 g/mol. The van der Waals surface area contributed by atoms with Gasteiger partial charge in [-0.15, -0.1) is 12.4 Å². The van der Waals surface area contributed by atoms with Crippen LogP contribution in [0.15, 0.2) is 125 Å². The highest BCUT2D eigenvalue weighted by molar-refractivity contribution is 6.31. The first kappa shape index (κ1) is 86.9. The molecule has 3 fully saturated rings. The number of aromatic carboxylic acids is 1. The Balaban J connectivity index is 0.000000211. The molecular weight excluding hydrogens is 1570 g/mol. The van der Waals surface area contributed by atoms with Crippen molar-refractivity contribution in [1.82, 2.24) is 30.7 Å². The highest BCUT2D eigenvalue weighted by Crippen LogP contribution is 2.44. The molecule has 6 aliphatic heterocycles. The zero-order valence-electron chi connectivity index (χ0n) is 58.2. The zero-order valence-corrected chi connectivity index (χ0v) is 61.3. The zero-order chi connectivity index (χ0) is 80.2. The fraction of sp³-hybridized carbons (Fsp3) is 0.366. The minimum atomic E-state index is -4.97. The van der Waals surface area contributed by atoms with Gasteiger partial charge in [0.25, 0.3) is 11.8 Å². The molecule has 6 aliphatic rings. The van der Waals surface area contributed by atoms with Gasteiger partial charge < -0.3 is 45.0 Å². The molecule has 6 heterocycles. The van der Waals surface area contributed by atoms with E-state index in [0.29, 0.717) is 55.1 Å². The molecule has 588 valence electrons. The average Bonchev–Trinajstić information content (AvgIpc) is 1.51. The van der Waals surface area contributed by atoms with Crippen molar-refractivity contribution in [1.29, 1.82) is 0 Å². The summed E-state index contributed by atoms with van der Waals surface area (Å²) >= 11 is 18.4. The van der Waals surface area contributed by atoms with Crippen LogP contribution in [0, 0.1) is 20.8 Å². The molecule has 5 amide bonds. The van der Waals surface area contributed by atoms with E-state index in [-0.39, 0.29) is 73.2 Å². The first-order chi connectivity index (χ1) is 50.0. The van der Waals surface area contributed by atoms with Crippen LogP contribution in [-0.4, -0.2) is 131 Å². The molecule has 0 spiro atoms. The summed E-state index contributed by atoms with van der Waals surface area (Å²) in [5, 5.41) is 30.3. The van der Waals surface area contributed by atoms with Crippen LogP contribution in [0.4, 0.5) is 65.9 Å². The first-order valence-corrected chi connectivity index (χ1v) is 33.3. The Hall–Kier alpha value is -9.38. The molecule has 6 aromatic rings. The van der Waals surface area contributed by atoms with Crippen LogP contribution in [-0.2, 0) is 64.2 Å². The first-order valence-electron chi connectivity index (χ1n) is 32.2. The fourth-order valence-corrected chi connectivity index (χ4v) is 12.4. The van der Waals surface area contributed by atoms with E-state index < -0.39 is 137 Å². The number of nitrogens with zero attached hydrogens (tertiary/aromatic N) is 6. The van der Waals surface area contributed by atoms with Crippen LogP contribution in [0.5, 0.6) is 0 Å². The third-order valence-electron chi connectivity index (χ3n) is 17.1. The number of carbonyl (C=O) groups is 6. The lowest BCUT2D eigenvalue weighted by molar-refractivity contribution is -0.157. The van der Waals surface area contributed by atoms with E-state index >= 15 is 0 Å². The summed E-state index contributed by atoms with van der Waals surface area (Å²) in [5.41, 5.74) is -2.34. The van der Waals surface area contributed by atoms with Gasteiger partial charge in [-0.3, -0.25) is 29.3 Å². The van der Waals surface area contributed by atoms with Gasteiger partial charge in [-0.25, -0.2) is 4.79 Å². The summed E-state index contributed by atoms with van der Waals surface area (Å²) in [6, 6.07) is 25.4. The summed E-state index contributed by atoms with van der Waals surface area (Å²) < 4.78 is 193. The molecule has 0 aromatic heterocycles. The topological polar surface area (TPSA) is 233 Å². The van der Waals surface area contributed by atoms with Crippen molar-refractivity contribution in [2.75, 3.05) is 46.2 Å². The Morgan fingerprint density at radius 2 is 0.862 bits per heavy atom. The molecule has 109 heavy (non-hydrogen) atoms. The number of hydrogen-bond donors (Lipinski definition) is 4. The quantitative estimate of drug-likeness (QED) is 0.0942. The van der Waals surface area contributed by atoms with E-state index in [0.717, 1.165) is 76.0 Å². The van der Waals surface area contributed by atoms with Crippen LogP contribution < -0.4 is 16.0 Å². The normalized spacial score (nSPS) is 19.7. The predicted octanol–water partition coefficient (Wildman–Crippen LogP) is 16.2. The Morgan fingerprint density at radius 1 is 0.505 bits per heavy atom. The van der Waals surface area contributed by atoms with Gasteiger partial charge in [-0.05, 0) is 148 Å². The number of carbonyl (C=O) groups excluding carboxylic acids is 5. The minimum Gasteiger partial charge on any atom is -0.478 e. The maximum Gasteiger partial charge on any atom is 0.417 e. The van der Waals surface area contributed by atoms with Crippen LogP contribution in [0.3, 0.4) is 0 Å². The molecule has 6 aromatic carbocycles. The molecular formula is C71H66Cl4F15N9O10. The largest absolute Gasteiger partial charge is 0.478 e. The Morgan fingerprint density at radius 3 is 1.15 bits per heavy atom. The summed E-state index contributed by atoms with van der Waals surface area (Å²) in [4.78, 5) is 88.7. The number of rotatable bonds is 10.